The Balaban J connectivity index is 1.99. The van der Waals surface area contributed by atoms with Crippen molar-refractivity contribution in [2.75, 3.05) is 12.4 Å². The largest absolute Gasteiger partial charge is 0.373 e. The lowest BCUT2D eigenvalue weighted by molar-refractivity contribution is 0.0950. The number of carbonyl (C=O) groups excluding carboxylic acids is 1. The molecule has 0 aromatic carbocycles. The molecular formula is C13H15N5O. The van der Waals surface area contributed by atoms with Gasteiger partial charge in [-0.25, -0.2) is 4.98 Å². The Hall–Kier alpha value is -2.50. The molecule has 2 aromatic heterocycles. The van der Waals surface area contributed by atoms with Gasteiger partial charge in [-0.1, -0.05) is 0 Å². The highest BCUT2D eigenvalue weighted by Crippen LogP contribution is 2.06. The maximum absolute atomic E-state index is 11.9. The molecule has 0 aliphatic rings. The molecular weight excluding hydrogens is 242 g/mol. The summed E-state index contributed by atoms with van der Waals surface area (Å²) in [6, 6.07) is 3.35. The molecule has 6 nitrogen and oxygen atoms in total. The van der Waals surface area contributed by atoms with Gasteiger partial charge >= 0.3 is 0 Å². The van der Waals surface area contributed by atoms with Crippen molar-refractivity contribution in [3.63, 3.8) is 0 Å². The number of rotatable bonds is 4. The lowest BCUT2D eigenvalue weighted by atomic mass is 10.2. The van der Waals surface area contributed by atoms with Crippen LogP contribution in [0.1, 0.15) is 21.7 Å². The van der Waals surface area contributed by atoms with Crippen molar-refractivity contribution in [1.82, 2.24) is 20.3 Å². The van der Waals surface area contributed by atoms with Crippen molar-refractivity contribution >= 4 is 11.7 Å². The summed E-state index contributed by atoms with van der Waals surface area (Å²) in [6.07, 6.45) is 4.92. The monoisotopic (exact) mass is 257 g/mol. The van der Waals surface area contributed by atoms with E-state index in [4.69, 9.17) is 0 Å². The molecule has 0 bridgehead atoms. The zero-order valence-electron chi connectivity index (χ0n) is 10.8. The predicted octanol–water partition coefficient (Wildman–Crippen LogP) is 1.15. The van der Waals surface area contributed by atoms with Gasteiger partial charge in [0.05, 0.1) is 24.1 Å². The number of pyridine rings is 1. The number of amides is 1. The summed E-state index contributed by atoms with van der Waals surface area (Å²) < 4.78 is 0. The summed E-state index contributed by atoms with van der Waals surface area (Å²) in [4.78, 5) is 24.3. The average Bonchev–Trinajstić information content (AvgIpc) is 2.46. The van der Waals surface area contributed by atoms with Crippen LogP contribution in [0.15, 0.2) is 30.7 Å². The second-order valence-corrected chi connectivity index (χ2v) is 4.01. The van der Waals surface area contributed by atoms with Gasteiger partial charge in [-0.15, -0.1) is 0 Å². The smallest absolute Gasteiger partial charge is 0.251 e. The number of carbonyl (C=O) groups is 1. The van der Waals surface area contributed by atoms with Crippen LogP contribution in [0, 0.1) is 6.92 Å². The quantitative estimate of drug-likeness (QED) is 0.859. The molecule has 0 fully saturated rings. The van der Waals surface area contributed by atoms with Crippen LogP contribution in [0.5, 0.6) is 0 Å². The van der Waals surface area contributed by atoms with E-state index in [0.717, 1.165) is 11.4 Å². The number of hydrogen-bond acceptors (Lipinski definition) is 5. The van der Waals surface area contributed by atoms with E-state index in [1.54, 1.807) is 37.8 Å². The Morgan fingerprint density at radius 1 is 1.26 bits per heavy atom. The highest BCUT2D eigenvalue weighted by molar-refractivity contribution is 5.94. The van der Waals surface area contributed by atoms with Crippen LogP contribution in [0.25, 0.3) is 0 Å². The van der Waals surface area contributed by atoms with E-state index >= 15 is 0 Å². The molecule has 0 atom stereocenters. The number of aryl methyl sites for hydroxylation is 1. The van der Waals surface area contributed by atoms with Crippen LogP contribution < -0.4 is 10.6 Å². The van der Waals surface area contributed by atoms with Crippen LogP contribution in [0.2, 0.25) is 0 Å². The molecule has 0 aliphatic heterocycles. The first-order valence-electron chi connectivity index (χ1n) is 5.88. The highest BCUT2D eigenvalue weighted by Gasteiger charge is 2.06. The van der Waals surface area contributed by atoms with Gasteiger partial charge in [-0.3, -0.25) is 14.8 Å². The van der Waals surface area contributed by atoms with E-state index in [-0.39, 0.29) is 5.91 Å². The zero-order chi connectivity index (χ0) is 13.7. The van der Waals surface area contributed by atoms with Gasteiger partial charge in [0.1, 0.15) is 5.82 Å². The number of aromatic nitrogens is 3. The molecule has 1 amide bonds. The standard InChI is InChI=1S/C13H15N5O/c1-9-6-17-11(7-16-9)8-18-13(19)10-3-4-15-12(5-10)14-2/h3-7H,8H2,1-2H3,(H,14,15)(H,18,19). The fraction of sp³-hybridized carbons (Fsp3) is 0.231. The maximum atomic E-state index is 11.9. The normalized spacial score (nSPS) is 10.0. The van der Waals surface area contributed by atoms with Gasteiger partial charge in [0.15, 0.2) is 0 Å². The van der Waals surface area contributed by atoms with Gasteiger partial charge < -0.3 is 10.6 Å². The Morgan fingerprint density at radius 3 is 2.79 bits per heavy atom. The molecule has 0 unspecified atom stereocenters. The van der Waals surface area contributed by atoms with E-state index in [1.165, 1.54) is 0 Å². The number of nitrogens with zero attached hydrogens (tertiary/aromatic N) is 3. The van der Waals surface area contributed by atoms with E-state index in [0.29, 0.717) is 17.9 Å². The van der Waals surface area contributed by atoms with Crippen molar-refractivity contribution in [1.29, 1.82) is 0 Å². The fourth-order valence-electron chi connectivity index (χ4n) is 1.49. The molecule has 0 saturated carbocycles. The minimum Gasteiger partial charge on any atom is -0.373 e. The maximum Gasteiger partial charge on any atom is 0.251 e. The average molecular weight is 257 g/mol. The van der Waals surface area contributed by atoms with E-state index in [2.05, 4.69) is 25.6 Å². The molecule has 0 aliphatic carbocycles. The molecule has 0 spiro atoms. The summed E-state index contributed by atoms with van der Waals surface area (Å²) in [6.45, 7) is 2.22. The fourth-order valence-corrected chi connectivity index (χ4v) is 1.49. The van der Waals surface area contributed by atoms with Crippen molar-refractivity contribution in [3.8, 4) is 0 Å². The minimum atomic E-state index is -0.165. The Kier molecular flexibility index (Phi) is 4.02. The Morgan fingerprint density at radius 2 is 2.11 bits per heavy atom. The minimum absolute atomic E-state index is 0.165. The van der Waals surface area contributed by atoms with Gasteiger partial charge in [0, 0.05) is 25.0 Å². The summed E-state index contributed by atoms with van der Waals surface area (Å²) in [5, 5.41) is 5.68. The van der Waals surface area contributed by atoms with Gasteiger partial charge in [-0.2, -0.15) is 0 Å². The molecule has 6 heteroatoms. The molecule has 19 heavy (non-hydrogen) atoms. The SMILES string of the molecule is CNc1cc(C(=O)NCc2cnc(C)cn2)ccn1. The van der Waals surface area contributed by atoms with Gasteiger partial charge in [0.2, 0.25) is 0 Å². The molecule has 0 saturated heterocycles. The first-order chi connectivity index (χ1) is 9.19. The predicted molar refractivity (Wildman–Crippen MR) is 71.7 cm³/mol. The van der Waals surface area contributed by atoms with Crippen molar-refractivity contribution in [3.05, 3.63) is 47.7 Å². The second kappa shape index (κ2) is 5.90. The number of hydrogen-bond donors (Lipinski definition) is 2. The second-order valence-electron chi connectivity index (χ2n) is 4.01. The van der Waals surface area contributed by atoms with Crippen molar-refractivity contribution in [2.45, 2.75) is 13.5 Å². The van der Waals surface area contributed by atoms with Crippen LogP contribution in [-0.4, -0.2) is 27.9 Å². The number of anilines is 1. The molecule has 0 radical (unpaired) electrons. The topological polar surface area (TPSA) is 79.8 Å². The van der Waals surface area contributed by atoms with E-state index in [1.807, 2.05) is 6.92 Å². The molecule has 2 aromatic rings. The first kappa shape index (κ1) is 12.9. The molecule has 2 N–H and O–H groups in total. The summed E-state index contributed by atoms with van der Waals surface area (Å²) >= 11 is 0. The van der Waals surface area contributed by atoms with E-state index < -0.39 is 0 Å². The molecule has 2 rings (SSSR count). The summed E-state index contributed by atoms with van der Waals surface area (Å²) in [5.74, 6) is 0.490. The Bertz CT molecular complexity index is 568. The van der Waals surface area contributed by atoms with Gasteiger partial charge in [0.25, 0.3) is 5.91 Å². The molecule has 2 heterocycles. The lowest BCUT2D eigenvalue weighted by Gasteiger charge is -2.06. The zero-order valence-corrected chi connectivity index (χ0v) is 10.8. The molecule has 98 valence electrons. The van der Waals surface area contributed by atoms with E-state index in [9.17, 15) is 4.79 Å². The van der Waals surface area contributed by atoms with Crippen LogP contribution in [0.4, 0.5) is 5.82 Å². The first-order valence-corrected chi connectivity index (χ1v) is 5.88. The number of nitrogens with one attached hydrogen (secondary N) is 2. The van der Waals surface area contributed by atoms with Crippen molar-refractivity contribution < 1.29 is 4.79 Å². The third-order valence-electron chi connectivity index (χ3n) is 2.54. The highest BCUT2D eigenvalue weighted by atomic mass is 16.1. The van der Waals surface area contributed by atoms with Crippen molar-refractivity contribution in [2.24, 2.45) is 0 Å². The van der Waals surface area contributed by atoms with Crippen LogP contribution >= 0.6 is 0 Å². The summed E-state index contributed by atoms with van der Waals surface area (Å²) in [7, 11) is 1.76. The third kappa shape index (κ3) is 3.48. The van der Waals surface area contributed by atoms with Crippen LogP contribution in [0.3, 0.4) is 0 Å². The van der Waals surface area contributed by atoms with Gasteiger partial charge in [-0.05, 0) is 19.1 Å². The summed E-state index contributed by atoms with van der Waals surface area (Å²) in [5.41, 5.74) is 2.13. The lowest BCUT2D eigenvalue weighted by Crippen LogP contribution is -2.23. The Labute approximate surface area is 111 Å². The van der Waals surface area contributed by atoms with Crippen LogP contribution in [-0.2, 0) is 6.54 Å². The third-order valence-corrected chi connectivity index (χ3v) is 2.54.